The molecule has 1 saturated heterocycles. The summed E-state index contributed by atoms with van der Waals surface area (Å²) in [5.41, 5.74) is 2.55. The first-order chi connectivity index (χ1) is 8.84. The molecule has 18 heavy (non-hydrogen) atoms. The van der Waals surface area contributed by atoms with Crippen LogP contribution in [0.25, 0.3) is 10.9 Å². The molecule has 0 amide bonds. The first-order valence-corrected chi connectivity index (χ1v) is 6.86. The van der Waals surface area contributed by atoms with Crippen molar-refractivity contribution in [3.8, 4) is 0 Å². The van der Waals surface area contributed by atoms with Crippen LogP contribution in [0.2, 0.25) is 0 Å². The van der Waals surface area contributed by atoms with E-state index in [1.54, 1.807) is 0 Å². The number of para-hydroxylation sites is 1. The van der Waals surface area contributed by atoms with E-state index in [1.807, 2.05) is 0 Å². The van der Waals surface area contributed by atoms with Crippen molar-refractivity contribution >= 4 is 16.6 Å². The summed E-state index contributed by atoms with van der Waals surface area (Å²) in [6, 6.07) is 9.26. The zero-order valence-corrected chi connectivity index (χ0v) is 10.9. The molecule has 3 rings (SSSR count). The molecule has 2 N–H and O–H groups in total. The van der Waals surface area contributed by atoms with Crippen LogP contribution >= 0.6 is 0 Å². The Kier molecular flexibility index (Phi) is 3.24. The van der Waals surface area contributed by atoms with Gasteiger partial charge in [0.15, 0.2) is 0 Å². The largest absolute Gasteiger partial charge is 0.383 e. The van der Waals surface area contributed by atoms with Gasteiger partial charge in [-0.1, -0.05) is 18.2 Å². The van der Waals surface area contributed by atoms with Crippen LogP contribution in [-0.4, -0.2) is 23.7 Å². The molecule has 96 valence electrons. The Morgan fingerprint density at radius 3 is 3.11 bits per heavy atom. The molecule has 0 saturated carbocycles. The number of aryl methyl sites for hydroxylation is 1. The molecule has 0 bridgehead atoms. The van der Waals surface area contributed by atoms with Crippen LogP contribution in [0.1, 0.15) is 19.3 Å². The van der Waals surface area contributed by atoms with Crippen LogP contribution in [0.15, 0.2) is 30.5 Å². The fraction of sp³-hybridized carbons (Fsp3) is 0.467. The third-order valence-electron chi connectivity index (χ3n) is 3.87. The molecule has 1 unspecified atom stereocenters. The third-order valence-corrected chi connectivity index (χ3v) is 3.87. The van der Waals surface area contributed by atoms with Gasteiger partial charge in [0.1, 0.15) is 0 Å². The van der Waals surface area contributed by atoms with Gasteiger partial charge in [-0.3, -0.25) is 0 Å². The van der Waals surface area contributed by atoms with Gasteiger partial charge in [-0.2, -0.15) is 0 Å². The number of fused-ring (bicyclic) bond motifs is 1. The van der Waals surface area contributed by atoms with Gasteiger partial charge in [-0.05, 0) is 31.9 Å². The van der Waals surface area contributed by atoms with Crippen LogP contribution in [0.5, 0.6) is 0 Å². The molecular formula is C15H21N3. The molecule has 2 aromatic rings. The van der Waals surface area contributed by atoms with E-state index in [0.29, 0.717) is 6.04 Å². The van der Waals surface area contributed by atoms with Gasteiger partial charge in [0.2, 0.25) is 0 Å². The number of anilines is 1. The van der Waals surface area contributed by atoms with E-state index in [1.165, 1.54) is 42.4 Å². The summed E-state index contributed by atoms with van der Waals surface area (Å²) < 4.78 is 2.19. The number of hydrogen-bond donors (Lipinski definition) is 2. The Hall–Kier alpha value is -1.48. The molecular weight excluding hydrogens is 222 g/mol. The summed E-state index contributed by atoms with van der Waals surface area (Å²) in [7, 11) is 2.10. The van der Waals surface area contributed by atoms with Gasteiger partial charge in [0.05, 0.1) is 5.69 Å². The van der Waals surface area contributed by atoms with Gasteiger partial charge in [0.25, 0.3) is 0 Å². The Labute approximate surface area is 108 Å². The maximum absolute atomic E-state index is 3.57. The second kappa shape index (κ2) is 5.02. The molecule has 1 fully saturated rings. The van der Waals surface area contributed by atoms with Crippen molar-refractivity contribution in [2.24, 2.45) is 7.05 Å². The van der Waals surface area contributed by atoms with E-state index < -0.39 is 0 Å². The van der Waals surface area contributed by atoms with Crippen molar-refractivity contribution in [3.63, 3.8) is 0 Å². The van der Waals surface area contributed by atoms with Gasteiger partial charge < -0.3 is 15.2 Å². The number of aromatic nitrogens is 1. The summed E-state index contributed by atoms with van der Waals surface area (Å²) in [4.78, 5) is 0. The Balaban J connectivity index is 1.67. The van der Waals surface area contributed by atoms with E-state index in [0.717, 1.165) is 6.54 Å². The fourth-order valence-corrected chi connectivity index (χ4v) is 2.87. The first-order valence-electron chi connectivity index (χ1n) is 6.86. The number of hydrogen-bond acceptors (Lipinski definition) is 2. The lowest BCUT2D eigenvalue weighted by atomic mass is 10.1. The van der Waals surface area contributed by atoms with Crippen LogP contribution in [-0.2, 0) is 7.05 Å². The lowest BCUT2D eigenvalue weighted by Crippen LogP contribution is -2.24. The van der Waals surface area contributed by atoms with Crippen LogP contribution in [0.3, 0.4) is 0 Å². The zero-order chi connectivity index (χ0) is 12.4. The van der Waals surface area contributed by atoms with Crippen LogP contribution in [0.4, 0.5) is 5.69 Å². The second-order valence-electron chi connectivity index (χ2n) is 5.18. The normalized spacial score (nSPS) is 19.5. The molecule has 1 aliphatic heterocycles. The summed E-state index contributed by atoms with van der Waals surface area (Å²) in [5.74, 6) is 0. The van der Waals surface area contributed by atoms with Gasteiger partial charge >= 0.3 is 0 Å². The molecule has 1 atom stereocenters. The monoisotopic (exact) mass is 243 g/mol. The van der Waals surface area contributed by atoms with Crippen molar-refractivity contribution in [1.29, 1.82) is 0 Å². The van der Waals surface area contributed by atoms with E-state index in [2.05, 4.69) is 52.7 Å². The summed E-state index contributed by atoms with van der Waals surface area (Å²) in [5, 5.41) is 8.43. The minimum absolute atomic E-state index is 0.715. The van der Waals surface area contributed by atoms with E-state index in [4.69, 9.17) is 0 Å². The van der Waals surface area contributed by atoms with Crippen molar-refractivity contribution in [1.82, 2.24) is 9.88 Å². The highest BCUT2D eigenvalue weighted by atomic mass is 15.0. The highest BCUT2D eigenvalue weighted by Gasteiger charge is 2.13. The Morgan fingerprint density at radius 1 is 1.39 bits per heavy atom. The highest BCUT2D eigenvalue weighted by molar-refractivity contribution is 5.92. The quantitative estimate of drug-likeness (QED) is 0.864. The highest BCUT2D eigenvalue weighted by Crippen LogP contribution is 2.24. The average Bonchev–Trinajstić information content (AvgIpc) is 3.00. The molecule has 3 nitrogen and oxygen atoms in total. The SMILES string of the molecule is Cn1cc(NCCC2CCCN2)c2ccccc21. The van der Waals surface area contributed by atoms with Gasteiger partial charge in [0, 0.05) is 36.7 Å². The topological polar surface area (TPSA) is 29.0 Å². The molecule has 2 heterocycles. The minimum Gasteiger partial charge on any atom is -0.383 e. The van der Waals surface area contributed by atoms with Gasteiger partial charge in [-0.15, -0.1) is 0 Å². The zero-order valence-electron chi connectivity index (χ0n) is 10.9. The second-order valence-corrected chi connectivity index (χ2v) is 5.18. The smallest absolute Gasteiger partial charge is 0.0600 e. The molecule has 1 aromatic carbocycles. The van der Waals surface area contributed by atoms with E-state index >= 15 is 0 Å². The predicted octanol–water partition coefficient (Wildman–Crippen LogP) is 2.73. The molecule has 0 spiro atoms. The van der Waals surface area contributed by atoms with E-state index in [-0.39, 0.29) is 0 Å². The number of rotatable bonds is 4. The van der Waals surface area contributed by atoms with Crippen LogP contribution in [0, 0.1) is 0 Å². The lowest BCUT2D eigenvalue weighted by molar-refractivity contribution is 0.574. The molecule has 1 aliphatic rings. The summed E-state index contributed by atoms with van der Waals surface area (Å²) in [6.45, 7) is 2.24. The molecule has 0 radical (unpaired) electrons. The van der Waals surface area contributed by atoms with Crippen molar-refractivity contribution in [2.45, 2.75) is 25.3 Å². The number of nitrogens with zero attached hydrogens (tertiary/aromatic N) is 1. The van der Waals surface area contributed by atoms with Crippen molar-refractivity contribution < 1.29 is 0 Å². The fourth-order valence-electron chi connectivity index (χ4n) is 2.87. The maximum Gasteiger partial charge on any atom is 0.0600 e. The summed E-state index contributed by atoms with van der Waals surface area (Å²) in [6.07, 6.45) is 6.06. The third kappa shape index (κ3) is 2.23. The molecule has 0 aliphatic carbocycles. The lowest BCUT2D eigenvalue weighted by Gasteiger charge is -2.10. The first kappa shape index (κ1) is 11.6. The van der Waals surface area contributed by atoms with Crippen LogP contribution < -0.4 is 10.6 Å². The molecule has 3 heteroatoms. The standard InChI is InChI=1S/C15H21N3/c1-18-11-14(13-6-2-3-7-15(13)18)17-10-8-12-5-4-9-16-12/h2-3,6-7,11-12,16-17H,4-5,8-10H2,1H3. The average molecular weight is 243 g/mol. The molecule has 1 aromatic heterocycles. The number of nitrogens with one attached hydrogen (secondary N) is 2. The van der Waals surface area contributed by atoms with E-state index in [9.17, 15) is 0 Å². The maximum atomic E-state index is 3.57. The van der Waals surface area contributed by atoms with Crippen molar-refractivity contribution in [3.05, 3.63) is 30.5 Å². The Bertz CT molecular complexity index is 524. The predicted molar refractivity (Wildman–Crippen MR) is 77.1 cm³/mol. The van der Waals surface area contributed by atoms with Crippen molar-refractivity contribution in [2.75, 3.05) is 18.4 Å². The Morgan fingerprint density at radius 2 is 2.28 bits per heavy atom. The summed E-state index contributed by atoms with van der Waals surface area (Å²) >= 11 is 0. The van der Waals surface area contributed by atoms with Gasteiger partial charge in [-0.25, -0.2) is 0 Å². The number of benzene rings is 1. The minimum atomic E-state index is 0.715.